The van der Waals surface area contributed by atoms with Crippen molar-refractivity contribution in [2.75, 3.05) is 11.9 Å². The number of aromatic nitrogens is 3. The van der Waals surface area contributed by atoms with Crippen LogP contribution in [-0.4, -0.2) is 38.9 Å². The number of hydrogen-bond acceptors (Lipinski definition) is 5. The maximum absolute atomic E-state index is 12.0. The summed E-state index contributed by atoms with van der Waals surface area (Å²) in [5.41, 5.74) is 1.65. The molecule has 2 amide bonds. The summed E-state index contributed by atoms with van der Waals surface area (Å²) in [6, 6.07) is 1.84. The number of hydrogen-bond donors (Lipinski definition) is 2. The van der Waals surface area contributed by atoms with Crippen LogP contribution in [0.2, 0.25) is 0 Å². The molecule has 8 heteroatoms. The van der Waals surface area contributed by atoms with Gasteiger partial charge in [0.25, 0.3) is 0 Å². The lowest BCUT2D eigenvalue weighted by atomic mass is 10.2. The highest BCUT2D eigenvalue weighted by molar-refractivity contribution is 5.93. The first-order valence-electron chi connectivity index (χ1n) is 7.72. The first-order valence-corrected chi connectivity index (χ1v) is 7.72. The number of fused-ring (bicyclic) bond motifs is 1. The Labute approximate surface area is 140 Å². The van der Waals surface area contributed by atoms with Gasteiger partial charge in [0.15, 0.2) is 5.65 Å². The van der Waals surface area contributed by atoms with Crippen LogP contribution in [0.25, 0.3) is 11.0 Å². The summed E-state index contributed by atoms with van der Waals surface area (Å²) in [7, 11) is 1.82. The second-order valence-corrected chi connectivity index (χ2v) is 6.53. The molecule has 0 aliphatic carbocycles. The zero-order chi connectivity index (χ0) is 17.9. The summed E-state index contributed by atoms with van der Waals surface area (Å²) >= 11 is 0. The van der Waals surface area contributed by atoms with E-state index in [4.69, 9.17) is 4.74 Å². The predicted octanol–water partition coefficient (Wildman–Crippen LogP) is 2.13. The van der Waals surface area contributed by atoms with Gasteiger partial charge in [-0.25, -0.2) is 9.78 Å². The second kappa shape index (κ2) is 6.86. The van der Waals surface area contributed by atoms with Crippen LogP contribution in [0.5, 0.6) is 0 Å². The van der Waals surface area contributed by atoms with E-state index in [0.717, 1.165) is 16.7 Å². The van der Waals surface area contributed by atoms with Gasteiger partial charge in [0.05, 0.1) is 17.6 Å². The van der Waals surface area contributed by atoms with Crippen molar-refractivity contribution >= 4 is 28.7 Å². The van der Waals surface area contributed by atoms with Crippen LogP contribution in [0.3, 0.4) is 0 Å². The molecule has 2 aromatic heterocycles. The molecule has 0 saturated heterocycles. The summed E-state index contributed by atoms with van der Waals surface area (Å²) in [6.45, 7) is 7.43. The first-order chi connectivity index (χ1) is 11.2. The zero-order valence-electron chi connectivity index (χ0n) is 14.6. The molecule has 0 spiro atoms. The fourth-order valence-electron chi connectivity index (χ4n) is 2.19. The number of amides is 2. The monoisotopic (exact) mass is 333 g/mol. The lowest BCUT2D eigenvalue weighted by Crippen LogP contribution is -2.34. The standard InChI is InChI=1S/C16H23N5O3/c1-10-12-8-11(9-18-14(12)21(5)20-10)19-13(22)6-7-17-15(23)24-16(2,3)4/h8-9H,6-7H2,1-5H3,(H,17,23)(H,19,22). The van der Waals surface area contributed by atoms with Gasteiger partial charge < -0.3 is 15.4 Å². The quantitative estimate of drug-likeness (QED) is 0.893. The molecule has 0 unspecified atom stereocenters. The van der Waals surface area contributed by atoms with Gasteiger partial charge in [-0.05, 0) is 33.8 Å². The number of aryl methyl sites for hydroxylation is 2. The Kier molecular flexibility index (Phi) is 5.06. The Hall–Kier alpha value is -2.64. The molecule has 2 rings (SSSR count). The molecule has 2 aromatic rings. The number of carbonyl (C=O) groups excluding carboxylic acids is 2. The van der Waals surface area contributed by atoms with Crippen molar-refractivity contribution in [3.8, 4) is 0 Å². The average Bonchev–Trinajstić information content (AvgIpc) is 2.71. The molecule has 0 aliphatic rings. The van der Waals surface area contributed by atoms with E-state index in [1.165, 1.54) is 0 Å². The summed E-state index contributed by atoms with van der Waals surface area (Å²) in [5.74, 6) is -0.214. The number of carbonyl (C=O) groups is 2. The van der Waals surface area contributed by atoms with Crippen molar-refractivity contribution in [3.63, 3.8) is 0 Å². The van der Waals surface area contributed by atoms with Crippen LogP contribution in [0.15, 0.2) is 12.3 Å². The average molecular weight is 333 g/mol. The van der Waals surface area contributed by atoms with Crippen LogP contribution in [0.4, 0.5) is 10.5 Å². The zero-order valence-corrected chi connectivity index (χ0v) is 14.6. The van der Waals surface area contributed by atoms with Gasteiger partial charge in [0, 0.05) is 25.4 Å². The molecule has 0 fully saturated rings. The normalized spacial score (nSPS) is 11.4. The van der Waals surface area contributed by atoms with Crippen molar-refractivity contribution in [3.05, 3.63) is 18.0 Å². The Morgan fingerprint density at radius 2 is 2.04 bits per heavy atom. The molecule has 0 aliphatic heterocycles. The molecule has 0 saturated carbocycles. The topological polar surface area (TPSA) is 98.1 Å². The minimum Gasteiger partial charge on any atom is -0.444 e. The number of nitrogens with zero attached hydrogens (tertiary/aromatic N) is 3. The lowest BCUT2D eigenvalue weighted by Gasteiger charge is -2.19. The lowest BCUT2D eigenvalue weighted by molar-refractivity contribution is -0.116. The van der Waals surface area contributed by atoms with Gasteiger partial charge in [0.2, 0.25) is 5.91 Å². The van der Waals surface area contributed by atoms with E-state index in [1.807, 2.05) is 20.0 Å². The maximum Gasteiger partial charge on any atom is 0.407 e. The Morgan fingerprint density at radius 1 is 1.33 bits per heavy atom. The number of alkyl carbamates (subject to hydrolysis) is 1. The van der Waals surface area contributed by atoms with Crippen molar-refractivity contribution < 1.29 is 14.3 Å². The van der Waals surface area contributed by atoms with Gasteiger partial charge in [0.1, 0.15) is 5.60 Å². The van der Waals surface area contributed by atoms with Crippen molar-refractivity contribution in [1.29, 1.82) is 0 Å². The first kappa shape index (κ1) is 17.7. The highest BCUT2D eigenvalue weighted by Gasteiger charge is 2.16. The smallest absolute Gasteiger partial charge is 0.407 e. The molecular weight excluding hydrogens is 310 g/mol. The molecule has 0 atom stereocenters. The highest BCUT2D eigenvalue weighted by atomic mass is 16.6. The number of rotatable bonds is 4. The van der Waals surface area contributed by atoms with E-state index >= 15 is 0 Å². The fraction of sp³-hybridized carbons (Fsp3) is 0.500. The van der Waals surface area contributed by atoms with Crippen LogP contribution in [0, 0.1) is 6.92 Å². The van der Waals surface area contributed by atoms with Gasteiger partial charge in [-0.15, -0.1) is 0 Å². The third-order valence-corrected chi connectivity index (χ3v) is 3.17. The van der Waals surface area contributed by atoms with Crippen LogP contribution in [-0.2, 0) is 16.6 Å². The molecule has 2 N–H and O–H groups in total. The van der Waals surface area contributed by atoms with Gasteiger partial charge in [-0.1, -0.05) is 0 Å². The van der Waals surface area contributed by atoms with E-state index in [1.54, 1.807) is 31.6 Å². The fourth-order valence-corrected chi connectivity index (χ4v) is 2.19. The molecular formula is C16H23N5O3. The summed E-state index contributed by atoms with van der Waals surface area (Å²) in [5, 5.41) is 10.5. The molecule has 130 valence electrons. The summed E-state index contributed by atoms with van der Waals surface area (Å²) < 4.78 is 6.80. The Bertz CT molecular complexity index is 761. The highest BCUT2D eigenvalue weighted by Crippen LogP contribution is 2.19. The molecule has 0 bridgehead atoms. The van der Waals surface area contributed by atoms with Crippen LogP contribution >= 0.6 is 0 Å². The molecule has 0 aromatic carbocycles. The summed E-state index contributed by atoms with van der Waals surface area (Å²) in [6.07, 6.45) is 1.19. The Morgan fingerprint density at radius 3 is 2.71 bits per heavy atom. The van der Waals surface area contributed by atoms with Gasteiger partial charge in [-0.3, -0.25) is 9.48 Å². The third kappa shape index (κ3) is 4.68. The van der Waals surface area contributed by atoms with Crippen LogP contribution in [0.1, 0.15) is 32.9 Å². The largest absolute Gasteiger partial charge is 0.444 e. The second-order valence-electron chi connectivity index (χ2n) is 6.53. The third-order valence-electron chi connectivity index (χ3n) is 3.17. The SMILES string of the molecule is Cc1nn(C)c2ncc(NC(=O)CCNC(=O)OC(C)(C)C)cc12. The molecule has 2 heterocycles. The molecule has 0 radical (unpaired) electrons. The molecule has 24 heavy (non-hydrogen) atoms. The number of pyridine rings is 1. The number of nitrogens with one attached hydrogen (secondary N) is 2. The van der Waals surface area contributed by atoms with Crippen molar-refractivity contribution in [1.82, 2.24) is 20.1 Å². The summed E-state index contributed by atoms with van der Waals surface area (Å²) in [4.78, 5) is 27.8. The molecule has 8 nitrogen and oxygen atoms in total. The van der Waals surface area contributed by atoms with E-state index in [0.29, 0.717) is 5.69 Å². The van der Waals surface area contributed by atoms with E-state index in [-0.39, 0.29) is 18.9 Å². The van der Waals surface area contributed by atoms with E-state index < -0.39 is 11.7 Å². The predicted molar refractivity (Wildman–Crippen MR) is 90.7 cm³/mol. The van der Waals surface area contributed by atoms with Gasteiger partial charge in [-0.2, -0.15) is 5.10 Å². The van der Waals surface area contributed by atoms with E-state index in [9.17, 15) is 9.59 Å². The maximum atomic E-state index is 12.0. The number of ether oxygens (including phenoxy) is 1. The van der Waals surface area contributed by atoms with Gasteiger partial charge >= 0.3 is 6.09 Å². The number of anilines is 1. The van der Waals surface area contributed by atoms with E-state index in [2.05, 4.69) is 20.7 Å². The van der Waals surface area contributed by atoms with Crippen LogP contribution < -0.4 is 10.6 Å². The minimum atomic E-state index is -0.561. The Balaban J connectivity index is 1.86. The minimum absolute atomic E-state index is 0.142. The van der Waals surface area contributed by atoms with Crippen molar-refractivity contribution in [2.45, 2.75) is 39.7 Å². The van der Waals surface area contributed by atoms with Crippen molar-refractivity contribution in [2.24, 2.45) is 7.05 Å².